The van der Waals surface area contributed by atoms with Crippen LogP contribution in [0.4, 0.5) is 5.69 Å². The van der Waals surface area contributed by atoms with Crippen LogP contribution < -0.4 is 5.32 Å². The molecule has 0 bridgehead atoms. The molecule has 110 valence electrons. The van der Waals surface area contributed by atoms with E-state index in [1.165, 1.54) is 25.1 Å². The fraction of sp³-hybridized carbons (Fsp3) is 0.385. The second-order valence-electron chi connectivity index (χ2n) is 4.46. The number of carboxylic acids is 1. The van der Waals surface area contributed by atoms with Gasteiger partial charge >= 0.3 is 5.97 Å². The largest absolute Gasteiger partial charge is 0.481 e. The first-order valence-corrected chi connectivity index (χ1v) is 7.91. The molecule has 0 saturated heterocycles. The Bertz CT molecular complexity index is 622. The lowest BCUT2D eigenvalue weighted by Gasteiger charge is -2.11. The number of benzene rings is 1. The second-order valence-corrected chi connectivity index (χ2v) is 6.45. The first-order valence-electron chi connectivity index (χ1n) is 6.02. The highest BCUT2D eigenvalue weighted by Crippen LogP contribution is 2.23. The third-order valence-corrected chi connectivity index (χ3v) is 3.82. The Morgan fingerprint density at radius 3 is 2.45 bits per heavy atom. The maximum Gasteiger partial charge on any atom is 0.303 e. The molecule has 0 heterocycles. The van der Waals surface area contributed by atoms with Gasteiger partial charge in [0, 0.05) is 24.8 Å². The van der Waals surface area contributed by atoms with Crippen molar-refractivity contribution in [1.29, 1.82) is 0 Å². The predicted molar refractivity (Wildman–Crippen MR) is 74.9 cm³/mol. The van der Waals surface area contributed by atoms with Gasteiger partial charge in [-0.2, -0.15) is 0 Å². The van der Waals surface area contributed by atoms with Crippen molar-refractivity contribution in [2.75, 3.05) is 18.1 Å². The lowest BCUT2D eigenvalue weighted by molar-refractivity contribution is -0.137. The van der Waals surface area contributed by atoms with Crippen LogP contribution in [0.3, 0.4) is 0 Å². The standard InChI is InChI=1S/C13H17NO5S/c1-9(15)10-5-6-12(20(2,18)19)11(8-10)14-7-3-4-13(16)17/h5-6,8,14H,3-4,7H2,1-2H3,(H,16,17). The van der Waals surface area contributed by atoms with Crippen molar-refractivity contribution in [3.05, 3.63) is 23.8 Å². The molecule has 0 aliphatic carbocycles. The normalized spacial score (nSPS) is 11.1. The summed E-state index contributed by atoms with van der Waals surface area (Å²) in [6.45, 7) is 1.71. The van der Waals surface area contributed by atoms with Crippen LogP contribution in [0.2, 0.25) is 0 Å². The smallest absolute Gasteiger partial charge is 0.303 e. The summed E-state index contributed by atoms with van der Waals surface area (Å²) in [5.41, 5.74) is 0.726. The summed E-state index contributed by atoms with van der Waals surface area (Å²) in [6.07, 6.45) is 1.44. The van der Waals surface area contributed by atoms with Gasteiger partial charge in [0.2, 0.25) is 0 Å². The van der Waals surface area contributed by atoms with Crippen LogP contribution in [0.15, 0.2) is 23.1 Å². The third kappa shape index (κ3) is 4.65. The fourth-order valence-electron chi connectivity index (χ4n) is 1.67. The van der Waals surface area contributed by atoms with E-state index in [0.717, 1.165) is 6.26 Å². The van der Waals surface area contributed by atoms with E-state index in [9.17, 15) is 18.0 Å². The summed E-state index contributed by atoms with van der Waals surface area (Å²) < 4.78 is 23.3. The van der Waals surface area contributed by atoms with Crippen molar-refractivity contribution in [2.45, 2.75) is 24.7 Å². The maximum absolute atomic E-state index is 11.7. The van der Waals surface area contributed by atoms with E-state index in [1.807, 2.05) is 0 Å². The Balaban J connectivity index is 2.97. The minimum atomic E-state index is -3.42. The molecule has 0 unspecified atom stereocenters. The molecular weight excluding hydrogens is 282 g/mol. The van der Waals surface area contributed by atoms with Crippen LogP contribution in [-0.4, -0.2) is 38.1 Å². The van der Waals surface area contributed by atoms with Gasteiger partial charge in [-0.25, -0.2) is 8.42 Å². The lowest BCUT2D eigenvalue weighted by atomic mass is 10.1. The highest BCUT2D eigenvalue weighted by Gasteiger charge is 2.14. The average molecular weight is 299 g/mol. The van der Waals surface area contributed by atoms with Gasteiger partial charge in [0.05, 0.1) is 10.6 Å². The number of aliphatic carboxylic acids is 1. The number of nitrogens with one attached hydrogen (secondary N) is 1. The van der Waals surface area contributed by atoms with Crippen LogP contribution in [0, 0.1) is 0 Å². The molecule has 0 amide bonds. The first-order chi connectivity index (χ1) is 9.21. The van der Waals surface area contributed by atoms with E-state index >= 15 is 0 Å². The van der Waals surface area contributed by atoms with Gasteiger partial charge in [0.25, 0.3) is 0 Å². The van der Waals surface area contributed by atoms with Crippen molar-refractivity contribution in [3.63, 3.8) is 0 Å². The minimum absolute atomic E-state index is 0.00634. The zero-order valence-electron chi connectivity index (χ0n) is 11.3. The SMILES string of the molecule is CC(=O)c1ccc(S(C)(=O)=O)c(NCCCC(=O)O)c1. The number of carboxylic acid groups (broad SMARTS) is 1. The third-order valence-electron chi connectivity index (χ3n) is 2.67. The van der Waals surface area contributed by atoms with Crippen LogP contribution in [0.25, 0.3) is 0 Å². The number of sulfone groups is 1. The number of Topliss-reactive ketones (excluding diaryl/α,β-unsaturated/α-hetero) is 1. The molecule has 0 aromatic heterocycles. The quantitative estimate of drug-likeness (QED) is 0.585. The molecule has 1 aromatic rings. The number of anilines is 1. The molecule has 0 aliphatic heterocycles. The molecule has 1 rings (SSSR count). The van der Waals surface area contributed by atoms with Gasteiger partial charge in [0.1, 0.15) is 0 Å². The molecule has 0 saturated carbocycles. The maximum atomic E-state index is 11.7. The summed E-state index contributed by atoms with van der Waals surface area (Å²) in [7, 11) is -3.42. The Hall–Kier alpha value is -1.89. The molecule has 2 N–H and O–H groups in total. The van der Waals surface area contributed by atoms with Crippen LogP contribution >= 0.6 is 0 Å². The monoisotopic (exact) mass is 299 g/mol. The molecule has 6 nitrogen and oxygen atoms in total. The number of carbonyl (C=O) groups is 2. The summed E-state index contributed by atoms with van der Waals surface area (Å²) in [6, 6.07) is 4.31. The molecule has 0 atom stereocenters. The van der Waals surface area contributed by atoms with Crippen molar-refractivity contribution in [3.8, 4) is 0 Å². The zero-order valence-corrected chi connectivity index (χ0v) is 12.2. The average Bonchev–Trinajstić information content (AvgIpc) is 2.32. The number of carbonyl (C=O) groups excluding carboxylic acids is 1. The molecule has 0 aliphatic rings. The van der Waals surface area contributed by atoms with E-state index in [0.29, 0.717) is 24.2 Å². The van der Waals surface area contributed by atoms with Gasteiger partial charge in [-0.3, -0.25) is 9.59 Å². The Morgan fingerprint density at radius 2 is 1.95 bits per heavy atom. The van der Waals surface area contributed by atoms with Gasteiger partial charge in [-0.05, 0) is 31.5 Å². The Kier molecular flexibility index (Phi) is 5.26. The van der Waals surface area contributed by atoms with Crippen LogP contribution in [0.1, 0.15) is 30.1 Å². The van der Waals surface area contributed by atoms with E-state index in [-0.39, 0.29) is 17.1 Å². The van der Waals surface area contributed by atoms with Crippen LogP contribution in [-0.2, 0) is 14.6 Å². The molecule has 20 heavy (non-hydrogen) atoms. The predicted octanol–water partition coefficient (Wildman–Crippen LogP) is 1.57. The Labute approximate surface area is 117 Å². The summed E-state index contributed by atoms with van der Waals surface area (Å²) >= 11 is 0. The van der Waals surface area contributed by atoms with Gasteiger partial charge in [0.15, 0.2) is 15.6 Å². The summed E-state index contributed by atoms with van der Waals surface area (Å²) in [4.78, 5) is 21.8. The fourth-order valence-corrected chi connectivity index (χ4v) is 2.52. The van der Waals surface area contributed by atoms with Gasteiger partial charge < -0.3 is 10.4 Å². The number of rotatable bonds is 7. The first kappa shape index (κ1) is 16.2. The summed E-state index contributed by atoms with van der Waals surface area (Å²) in [5, 5.41) is 11.4. The van der Waals surface area contributed by atoms with Gasteiger partial charge in [-0.1, -0.05) is 0 Å². The molecular formula is C13H17NO5S. The van der Waals surface area contributed by atoms with E-state index in [4.69, 9.17) is 5.11 Å². The highest BCUT2D eigenvalue weighted by atomic mass is 32.2. The highest BCUT2D eigenvalue weighted by molar-refractivity contribution is 7.90. The molecule has 1 aromatic carbocycles. The van der Waals surface area contributed by atoms with E-state index in [2.05, 4.69) is 5.32 Å². The van der Waals surface area contributed by atoms with Crippen LogP contribution in [0.5, 0.6) is 0 Å². The zero-order chi connectivity index (χ0) is 15.3. The second kappa shape index (κ2) is 6.51. The van der Waals surface area contributed by atoms with E-state index < -0.39 is 15.8 Å². The number of hydrogen-bond acceptors (Lipinski definition) is 5. The van der Waals surface area contributed by atoms with Crippen molar-refractivity contribution < 1.29 is 23.1 Å². The van der Waals surface area contributed by atoms with Crippen molar-refractivity contribution >= 4 is 27.3 Å². The lowest BCUT2D eigenvalue weighted by Crippen LogP contribution is -2.10. The number of hydrogen-bond donors (Lipinski definition) is 2. The van der Waals surface area contributed by atoms with E-state index in [1.54, 1.807) is 0 Å². The number of ketones is 1. The Morgan fingerprint density at radius 1 is 1.30 bits per heavy atom. The topological polar surface area (TPSA) is 101 Å². The van der Waals surface area contributed by atoms with Gasteiger partial charge in [-0.15, -0.1) is 0 Å². The molecule has 0 spiro atoms. The molecule has 7 heteroatoms. The molecule has 0 fully saturated rings. The van der Waals surface area contributed by atoms with Crippen molar-refractivity contribution in [2.24, 2.45) is 0 Å². The summed E-state index contributed by atoms with van der Waals surface area (Å²) in [5.74, 6) is -1.08. The van der Waals surface area contributed by atoms with Crippen molar-refractivity contribution in [1.82, 2.24) is 0 Å². The molecule has 0 radical (unpaired) electrons. The minimum Gasteiger partial charge on any atom is -0.481 e.